The van der Waals surface area contributed by atoms with Crippen molar-refractivity contribution >= 4 is 25.0 Å². The number of para-hydroxylation sites is 1. The van der Waals surface area contributed by atoms with E-state index in [9.17, 15) is 41.4 Å². The second-order valence-corrected chi connectivity index (χ2v) is 7.11. The molecule has 2 N–H and O–H groups in total. The van der Waals surface area contributed by atoms with Crippen LogP contribution < -0.4 is 9.97 Å². The van der Waals surface area contributed by atoms with Crippen molar-refractivity contribution in [2.24, 2.45) is 0 Å². The van der Waals surface area contributed by atoms with E-state index in [2.05, 4.69) is 10.1 Å². The zero-order valence-electron chi connectivity index (χ0n) is 16.7. The molecule has 1 aromatic rings. The molecule has 2 rings (SSSR count). The molecule has 0 unspecified atom stereocenters. The summed E-state index contributed by atoms with van der Waals surface area (Å²) in [6.07, 6.45) is -7.99. The third-order valence-corrected chi connectivity index (χ3v) is 4.18. The molecular weight excluding hydrogens is 448 g/mol. The number of halogens is 5. The van der Waals surface area contributed by atoms with Crippen molar-refractivity contribution in [2.75, 3.05) is 6.79 Å². The molecule has 0 aliphatic carbocycles. The number of fused-ring (bicyclic) bond motifs is 1. The van der Waals surface area contributed by atoms with Crippen LogP contribution in [0.25, 0.3) is 0 Å². The molecule has 1 aromatic carbocycles. The predicted octanol–water partition coefficient (Wildman–Crippen LogP) is 2.17. The summed E-state index contributed by atoms with van der Waals surface area (Å²) in [7, 11) is -1.66. The summed E-state index contributed by atoms with van der Waals surface area (Å²) in [5.74, 6) is -7.66. The fraction of sp³-hybridized carbons (Fsp3) is 0.500. The number of hydrogen-bond acceptors (Lipinski definition) is 7. The lowest BCUT2D eigenvalue weighted by molar-refractivity contribution is -0.163. The quantitative estimate of drug-likeness (QED) is 0.261. The summed E-state index contributed by atoms with van der Waals surface area (Å²) >= 11 is 0. The minimum atomic E-state index is -4.54. The zero-order valence-corrected chi connectivity index (χ0v) is 16.7. The third kappa shape index (κ3) is 7.98. The largest absolute Gasteiger partial charge is 0.547 e. The normalized spacial score (nSPS) is 16.0. The molecule has 0 saturated heterocycles. The second-order valence-electron chi connectivity index (χ2n) is 7.11. The number of ether oxygens (including phenoxy) is 2. The van der Waals surface area contributed by atoms with Crippen LogP contribution in [0.4, 0.5) is 22.0 Å². The number of nitrogens with one attached hydrogen (secondary N) is 1. The Labute approximate surface area is 179 Å². The number of alkyl halides is 5. The first-order valence-electron chi connectivity index (χ1n) is 9.28. The smallest absolute Gasteiger partial charge is 0.534 e. The van der Waals surface area contributed by atoms with Gasteiger partial charge in [-0.25, -0.2) is 13.6 Å². The molecule has 0 saturated carbocycles. The molecule has 1 amide bonds. The van der Waals surface area contributed by atoms with Gasteiger partial charge in [-0.05, 0) is 25.0 Å². The Balaban J connectivity index is 1.96. The summed E-state index contributed by atoms with van der Waals surface area (Å²) < 4.78 is 76.5. The molecule has 0 spiro atoms. The average molecular weight is 467 g/mol. The summed E-state index contributed by atoms with van der Waals surface area (Å²) in [5.41, 5.74) is 0.165. The van der Waals surface area contributed by atoms with Crippen LogP contribution in [0.3, 0.4) is 0 Å². The third-order valence-electron chi connectivity index (χ3n) is 4.18. The minimum Gasteiger partial charge on any atom is -0.534 e. The van der Waals surface area contributed by atoms with E-state index in [1.165, 1.54) is 18.2 Å². The molecular formula is C18H19BF5NO7. The second kappa shape index (κ2) is 10.1. The highest BCUT2D eigenvalue weighted by Gasteiger charge is 2.39. The van der Waals surface area contributed by atoms with Crippen molar-refractivity contribution in [3.63, 3.8) is 0 Å². The van der Waals surface area contributed by atoms with Crippen LogP contribution in [0, 0.1) is 0 Å². The lowest BCUT2D eigenvalue weighted by Gasteiger charge is -2.29. The monoisotopic (exact) mass is 467 g/mol. The van der Waals surface area contributed by atoms with Gasteiger partial charge in [0.1, 0.15) is 11.3 Å². The van der Waals surface area contributed by atoms with E-state index in [1.807, 2.05) is 0 Å². The molecule has 0 fully saturated rings. The van der Waals surface area contributed by atoms with Gasteiger partial charge in [-0.15, -0.1) is 0 Å². The Morgan fingerprint density at radius 3 is 2.53 bits per heavy atom. The van der Waals surface area contributed by atoms with Crippen LogP contribution >= 0.6 is 0 Å². The topological polar surface area (TPSA) is 111 Å². The lowest BCUT2D eigenvalue weighted by atomic mass is 9.72. The van der Waals surface area contributed by atoms with Gasteiger partial charge in [-0.1, -0.05) is 12.1 Å². The van der Waals surface area contributed by atoms with E-state index in [1.54, 1.807) is 0 Å². The summed E-state index contributed by atoms with van der Waals surface area (Å²) in [6.45, 7) is -0.368. The maximum atomic E-state index is 13.0. The van der Waals surface area contributed by atoms with Gasteiger partial charge in [-0.2, -0.15) is 13.2 Å². The van der Waals surface area contributed by atoms with E-state index >= 15 is 0 Å². The Hall–Kier alpha value is -2.90. The van der Waals surface area contributed by atoms with Crippen LogP contribution in [0.5, 0.6) is 5.75 Å². The molecule has 0 radical (unpaired) electrons. The first-order chi connectivity index (χ1) is 14.7. The van der Waals surface area contributed by atoms with Gasteiger partial charge in [0.25, 0.3) is 5.92 Å². The van der Waals surface area contributed by atoms with Gasteiger partial charge < -0.3 is 24.5 Å². The molecule has 1 atom stereocenters. The molecule has 176 valence electrons. The van der Waals surface area contributed by atoms with Crippen LogP contribution in [-0.2, 0) is 25.5 Å². The molecule has 0 bridgehead atoms. The fourth-order valence-corrected chi connectivity index (χ4v) is 2.79. The van der Waals surface area contributed by atoms with Crippen molar-refractivity contribution in [1.82, 2.24) is 5.32 Å². The van der Waals surface area contributed by atoms with E-state index in [4.69, 9.17) is 9.39 Å². The highest BCUT2D eigenvalue weighted by atomic mass is 19.4. The number of rotatable bonds is 8. The van der Waals surface area contributed by atoms with Crippen LogP contribution in [-0.4, -0.2) is 54.8 Å². The molecule has 14 heteroatoms. The van der Waals surface area contributed by atoms with E-state index in [-0.39, 0.29) is 17.7 Å². The molecule has 1 heterocycles. The Bertz CT molecular complexity index is 859. The average Bonchev–Trinajstić information content (AvgIpc) is 2.64. The van der Waals surface area contributed by atoms with Crippen LogP contribution in [0.15, 0.2) is 18.2 Å². The zero-order chi connectivity index (χ0) is 24.1. The van der Waals surface area contributed by atoms with Gasteiger partial charge in [0, 0.05) is 0 Å². The lowest BCUT2D eigenvalue weighted by Crippen LogP contribution is -2.53. The Morgan fingerprint density at radius 2 is 1.91 bits per heavy atom. The van der Waals surface area contributed by atoms with Gasteiger partial charge in [-0.3, -0.25) is 9.59 Å². The molecule has 1 aliphatic rings. The number of carbonyl (C=O) groups is 3. The van der Waals surface area contributed by atoms with E-state index in [0.717, 1.165) is 0 Å². The number of esters is 2. The van der Waals surface area contributed by atoms with Crippen LogP contribution in [0.2, 0.25) is 0 Å². The van der Waals surface area contributed by atoms with Crippen molar-refractivity contribution in [3.05, 3.63) is 29.3 Å². The predicted molar refractivity (Wildman–Crippen MR) is 97.6 cm³/mol. The summed E-state index contributed by atoms with van der Waals surface area (Å²) in [6, 6.07) is 4.18. The molecule has 0 aromatic heterocycles. The van der Waals surface area contributed by atoms with E-state index < -0.39 is 69.1 Å². The Kier molecular flexibility index (Phi) is 8.05. The van der Waals surface area contributed by atoms with E-state index in [0.29, 0.717) is 12.5 Å². The van der Waals surface area contributed by atoms with Crippen molar-refractivity contribution in [2.45, 2.75) is 50.6 Å². The van der Waals surface area contributed by atoms with Crippen molar-refractivity contribution < 1.29 is 55.5 Å². The fourth-order valence-electron chi connectivity index (χ4n) is 2.79. The number of amides is 1. The van der Waals surface area contributed by atoms with Gasteiger partial charge in [0.15, 0.2) is 0 Å². The van der Waals surface area contributed by atoms with Gasteiger partial charge in [0.05, 0.1) is 25.2 Å². The van der Waals surface area contributed by atoms with Crippen molar-refractivity contribution in [3.8, 4) is 5.75 Å². The minimum absolute atomic E-state index is 0.0505. The molecule has 1 aliphatic heterocycles. The number of benzene rings is 1. The molecule has 8 nitrogen and oxygen atoms in total. The number of carbonyl (C=O) groups excluding carboxylic acids is 3. The Morgan fingerprint density at radius 1 is 1.22 bits per heavy atom. The number of hydrogen-bond donors (Lipinski definition) is 2. The van der Waals surface area contributed by atoms with Crippen molar-refractivity contribution in [1.29, 1.82) is 0 Å². The maximum Gasteiger partial charge on any atom is 0.547 e. The van der Waals surface area contributed by atoms with Gasteiger partial charge in [0.2, 0.25) is 12.7 Å². The molecule has 32 heavy (non-hydrogen) atoms. The summed E-state index contributed by atoms with van der Waals surface area (Å²) in [5, 5.41) is 12.3. The highest BCUT2D eigenvalue weighted by molar-refractivity contribution is 6.47. The first kappa shape index (κ1) is 25.4. The standard InChI is InChI=1S/C18H19BF5NO7/c1-17(20,21)8-13(26)25-12-7-10-3-2-4-11(15(10)32-19(12)29)16(28)31-9-30-14(27)5-6-18(22,23)24/h2-4,12,29H,5-9H2,1H3,(H,25,26)/t12-/m0/s1. The van der Waals surface area contributed by atoms with Crippen LogP contribution in [0.1, 0.15) is 42.1 Å². The summed E-state index contributed by atoms with van der Waals surface area (Å²) in [4.78, 5) is 35.2. The first-order valence-corrected chi connectivity index (χ1v) is 9.28. The maximum absolute atomic E-state index is 13.0. The van der Waals surface area contributed by atoms with Gasteiger partial charge >= 0.3 is 25.2 Å². The highest BCUT2D eigenvalue weighted by Crippen LogP contribution is 2.31. The SMILES string of the molecule is CC(F)(F)CC(=O)N[C@H]1Cc2cccc(C(=O)OCOC(=O)CCC(F)(F)F)c2OB1O.